The van der Waals surface area contributed by atoms with Crippen LogP contribution in [0.4, 0.5) is 14.5 Å². The third-order valence-electron chi connectivity index (χ3n) is 5.44. The first-order valence-corrected chi connectivity index (χ1v) is 13.2. The average molecular weight is 567 g/mol. The minimum absolute atomic E-state index is 0.170. The molecule has 9 heteroatoms. The van der Waals surface area contributed by atoms with Gasteiger partial charge in [-0.05, 0) is 63.9 Å². The van der Waals surface area contributed by atoms with Gasteiger partial charge in [-0.2, -0.15) is 0 Å². The van der Waals surface area contributed by atoms with E-state index in [0.717, 1.165) is 41.4 Å². The lowest BCUT2D eigenvalue weighted by Crippen LogP contribution is -2.23. The monoisotopic (exact) mass is 566 g/mol. The molecule has 0 saturated heterocycles. The summed E-state index contributed by atoms with van der Waals surface area (Å²) >= 11 is 7.30. The zero-order valence-corrected chi connectivity index (χ0v) is 24.2. The van der Waals surface area contributed by atoms with E-state index < -0.39 is 11.6 Å². The Labute approximate surface area is 234 Å². The summed E-state index contributed by atoms with van der Waals surface area (Å²) < 4.78 is 35.8. The number of nitrogens with zero attached hydrogens (tertiary/aromatic N) is 2. The Morgan fingerprint density at radius 3 is 2.16 bits per heavy atom. The van der Waals surface area contributed by atoms with Crippen molar-refractivity contribution >= 4 is 42.8 Å². The predicted octanol–water partition coefficient (Wildman–Crippen LogP) is 7.42. The van der Waals surface area contributed by atoms with Gasteiger partial charge in [-0.15, -0.1) is 0 Å². The van der Waals surface area contributed by atoms with Gasteiger partial charge in [-0.3, -0.25) is 4.31 Å². The van der Waals surface area contributed by atoms with Gasteiger partial charge in [0.1, 0.15) is 31.0 Å². The van der Waals surface area contributed by atoms with Gasteiger partial charge in [0.15, 0.2) is 0 Å². The number of carbonyl (C=O) groups excluding carboxylic acids is 2. The van der Waals surface area contributed by atoms with Gasteiger partial charge in [0, 0.05) is 30.2 Å². The van der Waals surface area contributed by atoms with Crippen molar-refractivity contribution < 1.29 is 23.1 Å². The van der Waals surface area contributed by atoms with E-state index >= 15 is 0 Å². The first kappa shape index (κ1) is 35.1. The van der Waals surface area contributed by atoms with Crippen LogP contribution in [0.3, 0.4) is 0 Å². The second kappa shape index (κ2) is 20.1. The van der Waals surface area contributed by atoms with Crippen LogP contribution in [0, 0.1) is 18.6 Å². The van der Waals surface area contributed by atoms with Crippen molar-refractivity contribution in [3.05, 3.63) is 94.5 Å². The van der Waals surface area contributed by atoms with Gasteiger partial charge in [0.2, 0.25) is 0 Å². The highest BCUT2D eigenvalue weighted by molar-refractivity contribution is 7.96. The molecule has 1 unspecified atom stereocenters. The molecule has 0 aliphatic heterocycles. The SMILES string of the molecule is C=O.C=O.CSN(C)CCCOc1ccccc1C(C)N(C)c1cc(F)ccc1F.Cc1ccc(Cl)cc1. The van der Waals surface area contributed by atoms with Crippen molar-refractivity contribution in [2.45, 2.75) is 26.3 Å². The number of para-hydroxylation sites is 1. The maximum atomic E-state index is 14.1. The minimum atomic E-state index is -0.456. The number of hydrogen-bond donors (Lipinski definition) is 0. The fraction of sp³-hybridized carbons (Fsp3) is 0.310. The highest BCUT2D eigenvalue weighted by Crippen LogP contribution is 2.33. The lowest BCUT2D eigenvalue weighted by atomic mass is 10.1. The zero-order valence-electron chi connectivity index (χ0n) is 22.6. The van der Waals surface area contributed by atoms with E-state index in [1.54, 1.807) is 23.9 Å². The van der Waals surface area contributed by atoms with E-state index in [-0.39, 0.29) is 11.7 Å². The van der Waals surface area contributed by atoms with E-state index in [4.69, 9.17) is 25.9 Å². The van der Waals surface area contributed by atoms with Crippen LogP contribution >= 0.6 is 23.5 Å². The van der Waals surface area contributed by atoms with Gasteiger partial charge >= 0.3 is 0 Å². The zero-order chi connectivity index (χ0) is 29.1. The Kier molecular flexibility index (Phi) is 18.5. The molecule has 3 aromatic rings. The van der Waals surface area contributed by atoms with Crippen LogP contribution in [0.1, 0.15) is 30.5 Å². The van der Waals surface area contributed by atoms with Crippen molar-refractivity contribution in [3.63, 3.8) is 0 Å². The molecule has 208 valence electrons. The maximum absolute atomic E-state index is 14.1. The second-order valence-corrected chi connectivity index (χ2v) is 9.38. The lowest BCUT2D eigenvalue weighted by Gasteiger charge is -2.29. The van der Waals surface area contributed by atoms with Crippen LogP contribution in [-0.2, 0) is 9.59 Å². The van der Waals surface area contributed by atoms with Gasteiger partial charge in [-0.25, -0.2) is 8.78 Å². The predicted molar refractivity (Wildman–Crippen MR) is 156 cm³/mol. The highest BCUT2D eigenvalue weighted by Gasteiger charge is 2.19. The minimum Gasteiger partial charge on any atom is -0.493 e. The van der Waals surface area contributed by atoms with Crippen LogP contribution in [0.25, 0.3) is 0 Å². The Hall–Kier alpha value is -2.94. The lowest BCUT2D eigenvalue weighted by molar-refractivity contribution is -0.0987. The molecule has 0 radical (unpaired) electrons. The summed E-state index contributed by atoms with van der Waals surface area (Å²) in [6.45, 7) is 9.53. The summed E-state index contributed by atoms with van der Waals surface area (Å²) in [6.07, 6.45) is 2.95. The Bertz CT molecular complexity index is 1040. The molecule has 3 rings (SSSR count). The molecular formula is C29H37ClF2N2O3S. The van der Waals surface area contributed by atoms with Crippen LogP contribution in [0.2, 0.25) is 5.02 Å². The Morgan fingerprint density at radius 1 is 0.974 bits per heavy atom. The fourth-order valence-corrected chi connectivity index (χ4v) is 3.66. The summed E-state index contributed by atoms with van der Waals surface area (Å²) in [7, 11) is 3.80. The molecule has 0 saturated carbocycles. The smallest absolute Gasteiger partial charge is 0.146 e. The molecule has 0 spiro atoms. The molecule has 5 nitrogen and oxygen atoms in total. The summed E-state index contributed by atoms with van der Waals surface area (Å²) in [5.41, 5.74) is 2.42. The number of hydrogen-bond acceptors (Lipinski definition) is 6. The van der Waals surface area contributed by atoms with E-state index in [9.17, 15) is 8.78 Å². The van der Waals surface area contributed by atoms with E-state index in [1.165, 1.54) is 11.6 Å². The third kappa shape index (κ3) is 12.5. The van der Waals surface area contributed by atoms with E-state index in [2.05, 4.69) is 4.31 Å². The number of ether oxygens (including phenoxy) is 1. The first-order valence-electron chi connectivity index (χ1n) is 11.7. The van der Waals surface area contributed by atoms with Gasteiger partial charge in [-0.1, -0.05) is 59.4 Å². The molecule has 0 heterocycles. The number of anilines is 1. The number of carbonyl (C=O) groups is 2. The van der Waals surface area contributed by atoms with Crippen molar-refractivity contribution in [1.82, 2.24) is 4.31 Å². The second-order valence-electron chi connectivity index (χ2n) is 7.95. The van der Waals surface area contributed by atoms with Gasteiger partial charge in [0.25, 0.3) is 0 Å². The van der Waals surface area contributed by atoms with Crippen molar-refractivity contribution in [1.29, 1.82) is 0 Å². The standard InChI is InChI=1S/C20H26F2N2OS.C7H7Cl.2CH2O/c1-15(24(3)19-14-16(21)10-11-18(19)22)17-8-5-6-9-20(17)25-13-7-12-23(2)26-4;1-6-2-4-7(8)5-3-6;2*1-2/h5-6,8-11,14-15H,7,12-13H2,1-4H3;2-5H,1H3;2*1H2. The first-order chi connectivity index (χ1) is 18.2. The third-order valence-corrected chi connectivity index (χ3v) is 6.49. The molecule has 0 fully saturated rings. The highest BCUT2D eigenvalue weighted by atomic mass is 35.5. The van der Waals surface area contributed by atoms with Gasteiger partial charge < -0.3 is 19.2 Å². The van der Waals surface area contributed by atoms with E-state index in [0.29, 0.717) is 6.61 Å². The average Bonchev–Trinajstić information content (AvgIpc) is 2.95. The summed E-state index contributed by atoms with van der Waals surface area (Å²) in [5.74, 6) is -0.127. The molecular weight excluding hydrogens is 530 g/mol. The molecule has 0 aromatic heterocycles. The van der Waals surface area contributed by atoms with Crippen molar-refractivity contribution in [2.24, 2.45) is 0 Å². The molecule has 0 aliphatic carbocycles. The number of benzene rings is 3. The summed E-state index contributed by atoms with van der Waals surface area (Å²) in [5, 5.41) is 0.801. The Balaban J connectivity index is 0.000000952. The maximum Gasteiger partial charge on any atom is 0.146 e. The van der Waals surface area contributed by atoms with Crippen LogP contribution in [-0.4, -0.2) is 51.4 Å². The Morgan fingerprint density at radius 2 is 1.58 bits per heavy atom. The molecule has 38 heavy (non-hydrogen) atoms. The summed E-state index contributed by atoms with van der Waals surface area (Å²) in [6, 6.07) is 18.8. The largest absolute Gasteiger partial charge is 0.493 e. The molecule has 3 aromatic carbocycles. The summed E-state index contributed by atoms with van der Waals surface area (Å²) in [4.78, 5) is 17.7. The quantitative estimate of drug-likeness (QED) is 0.198. The molecule has 0 aliphatic rings. The van der Waals surface area contributed by atoms with Crippen LogP contribution in [0.15, 0.2) is 66.7 Å². The molecule has 1 atom stereocenters. The number of halogens is 3. The normalized spacial score (nSPS) is 10.6. The number of rotatable bonds is 9. The van der Waals surface area contributed by atoms with Crippen molar-refractivity contribution in [3.8, 4) is 5.75 Å². The topological polar surface area (TPSA) is 49.9 Å². The van der Waals surface area contributed by atoms with Crippen molar-refractivity contribution in [2.75, 3.05) is 38.4 Å². The van der Waals surface area contributed by atoms with Gasteiger partial charge in [0.05, 0.1) is 18.3 Å². The van der Waals surface area contributed by atoms with Crippen LogP contribution in [0.5, 0.6) is 5.75 Å². The molecule has 0 bridgehead atoms. The van der Waals surface area contributed by atoms with Crippen LogP contribution < -0.4 is 9.64 Å². The molecule has 0 N–H and O–H groups in total. The number of aryl methyl sites for hydroxylation is 1. The van der Waals surface area contributed by atoms with E-state index in [1.807, 2.05) is 89.3 Å². The fourth-order valence-electron chi connectivity index (χ4n) is 3.22. The molecule has 0 amide bonds.